The van der Waals surface area contributed by atoms with Crippen molar-refractivity contribution >= 4 is 29.5 Å². The lowest BCUT2D eigenvalue weighted by Gasteiger charge is -2.20. The van der Waals surface area contributed by atoms with Gasteiger partial charge in [0, 0.05) is 25.6 Å². The van der Waals surface area contributed by atoms with E-state index in [0.29, 0.717) is 23.7 Å². The minimum Gasteiger partial charge on any atom is -0.497 e. The van der Waals surface area contributed by atoms with E-state index in [-0.39, 0.29) is 18.9 Å². The standard InChI is InChI=1S/C19H25N3O7/c1-4-7-20-19(26)21-16(23)11-29-18(25)12-8-17(24)22(10-12)14-6-5-13(27-2)9-15(14)28-3/h5-6,9,12H,4,7-8,10-11H2,1-3H3,(H2,20,21,23,26)/t12-/m1/s1. The third-order valence-electron chi connectivity index (χ3n) is 4.27. The summed E-state index contributed by atoms with van der Waals surface area (Å²) in [4.78, 5) is 49.2. The van der Waals surface area contributed by atoms with Gasteiger partial charge in [-0.2, -0.15) is 0 Å². The zero-order valence-electron chi connectivity index (χ0n) is 16.6. The van der Waals surface area contributed by atoms with Gasteiger partial charge in [0.05, 0.1) is 25.8 Å². The van der Waals surface area contributed by atoms with E-state index in [1.165, 1.54) is 19.1 Å². The number of benzene rings is 1. The molecule has 0 unspecified atom stereocenters. The molecule has 0 spiro atoms. The van der Waals surface area contributed by atoms with Crippen LogP contribution in [-0.4, -0.2) is 57.7 Å². The maximum absolute atomic E-state index is 12.4. The zero-order valence-corrected chi connectivity index (χ0v) is 16.6. The number of anilines is 1. The third-order valence-corrected chi connectivity index (χ3v) is 4.27. The summed E-state index contributed by atoms with van der Waals surface area (Å²) in [6.45, 7) is 1.79. The Labute approximate surface area is 168 Å². The maximum Gasteiger partial charge on any atom is 0.321 e. The van der Waals surface area contributed by atoms with Crippen molar-refractivity contribution < 1.29 is 33.4 Å². The van der Waals surface area contributed by atoms with Crippen LogP contribution in [0.15, 0.2) is 18.2 Å². The zero-order chi connectivity index (χ0) is 21.4. The largest absolute Gasteiger partial charge is 0.497 e. The summed E-state index contributed by atoms with van der Waals surface area (Å²) in [5, 5.41) is 4.53. The number of methoxy groups -OCH3 is 2. The molecule has 1 saturated heterocycles. The summed E-state index contributed by atoms with van der Waals surface area (Å²) < 4.78 is 15.4. The van der Waals surface area contributed by atoms with E-state index < -0.39 is 30.4 Å². The van der Waals surface area contributed by atoms with Crippen LogP contribution in [-0.2, 0) is 19.1 Å². The van der Waals surface area contributed by atoms with Gasteiger partial charge in [0.2, 0.25) is 5.91 Å². The lowest BCUT2D eigenvalue weighted by molar-refractivity contribution is -0.152. The molecule has 1 aromatic carbocycles. The smallest absolute Gasteiger partial charge is 0.321 e. The molecule has 1 aromatic rings. The van der Waals surface area contributed by atoms with Crippen LogP contribution in [0.3, 0.4) is 0 Å². The van der Waals surface area contributed by atoms with Crippen LogP contribution in [0.25, 0.3) is 0 Å². The van der Waals surface area contributed by atoms with E-state index in [1.807, 2.05) is 6.92 Å². The van der Waals surface area contributed by atoms with Crippen molar-refractivity contribution in [1.29, 1.82) is 0 Å². The van der Waals surface area contributed by atoms with Crippen molar-refractivity contribution in [2.75, 3.05) is 38.8 Å². The molecule has 1 aliphatic rings. The number of nitrogens with zero attached hydrogens (tertiary/aromatic N) is 1. The Hall–Kier alpha value is -3.30. The Kier molecular flexibility index (Phi) is 7.81. The molecule has 29 heavy (non-hydrogen) atoms. The second-order valence-electron chi connectivity index (χ2n) is 6.35. The van der Waals surface area contributed by atoms with Crippen LogP contribution in [0.5, 0.6) is 11.5 Å². The van der Waals surface area contributed by atoms with Crippen LogP contribution in [0.2, 0.25) is 0 Å². The van der Waals surface area contributed by atoms with Gasteiger partial charge in [-0.05, 0) is 18.6 Å². The number of urea groups is 1. The molecule has 4 amide bonds. The molecule has 1 aliphatic heterocycles. The number of amides is 4. The molecule has 1 fully saturated rings. The Balaban J connectivity index is 1.92. The number of rotatable bonds is 8. The lowest BCUT2D eigenvalue weighted by Crippen LogP contribution is -2.42. The molecular formula is C19H25N3O7. The van der Waals surface area contributed by atoms with E-state index in [1.54, 1.807) is 18.2 Å². The van der Waals surface area contributed by atoms with Crippen LogP contribution in [0.1, 0.15) is 19.8 Å². The number of imide groups is 1. The van der Waals surface area contributed by atoms with E-state index >= 15 is 0 Å². The second-order valence-corrected chi connectivity index (χ2v) is 6.35. The molecule has 0 aromatic heterocycles. The van der Waals surface area contributed by atoms with Gasteiger partial charge in [0.15, 0.2) is 6.61 Å². The van der Waals surface area contributed by atoms with Crippen molar-refractivity contribution in [2.45, 2.75) is 19.8 Å². The average molecular weight is 407 g/mol. The van der Waals surface area contributed by atoms with Crippen molar-refractivity contribution in [3.63, 3.8) is 0 Å². The molecule has 158 valence electrons. The fourth-order valence-electron chi connectivity index (χ4n) is 2.81. The molecule has 0 bridgehead atoms. The van der Waals surface area contributed by atoms with Crippen LogP contribution >= 0.6 is 0 Å². The predicted octanol–water partition coefficient (Wildman–Crippen LogP) is 0.836. The molecule has 10 heteroatoms. The van der Waals surface area contributed by atoms with Gasteiger partial charge < -0.3 is 24.4 Å². The predicted molar refractivity (Wildman–Crippen MR) is 103 cm³/mol. The molecule has 0 saturated carbocycles. The number of carbonyl (C=O) groups excluding carboxylic acids is 4. The summed E-state index contributed by atoms with van der Waals surface area (Å²) in [5.41, 5.74) is 0.513. The number of carbonyl (C=O) groups is 4. The normalized spacial score (nSPS) is 15.6. The lowest BCUT2D eigenvalue weighted by atomic mass is 10.1. The molecule has 0 radical (unpaired) electrons. The highest BCUT2D eigenvalue weighted by Crippen LogP contribution is 2.35. The number of esters is 1. The average Bonchev–Trinajstić information content (AvgIpc) is 3.11. The minimum atomic E-state index is -0.745. The van der Waals surface area contributed by atoms with Gasteiger partial charge in [-0.25, -0.2) is 4.79 Å². The first kappa shape index (κ1) is 22.0. The third kappa shape index (κ3) is 5.84. The van der Waals surface area contributed by atoms with E-state index in [0.717, 1.165) is 6.42 Å². The highest BCUT2D eigenvalue weighted by Gasteiger charge is 2.37. The summed E-state index contributed by atoms with van der Waals surface area (Å²) in [7, 11) is 2.99. The quantitative estimate of drug-likeness (QED) is 0.612. The molecule has 1 heterocycles. The van der Waals surface area contributed by atoms with E-state index in [2.05, 4.69) is 10.6 Å². The van der Waals surface area contributed by atoms with Crippen molar-refractivity contribution in [1.82, 2.24) is 10.6 Å². The number of hydrogen-bond donors (Lipinski definition) is 2. The monoisotopic (exact) mass is 407 g/mol. The highest BCUT2D eigenvalue weighted by molar-refractivity contribution is 6.01. The summed E-state index contributed by atoms with van der Waals surface area (Å²) in [6.07, 6.45) is 0.675. The first-order valence-electron chi connectivity index (χ1n) is 9.16. The highest BCUT2D eigenvalue weighted by atomic mass is 16.5. The van der Waals surface area contributed by atoms with Crippen LogP contribution in [0, 0.1) is 5.92 Å². The first-order valence-corrected chi connectivity index (χ1v) is 9.16. The Morgan fingerprint density at radius 3 is 2.62 bits per heavy atom. The fourth-order valence-corrected chi connectivity index (χ4v) is 2.81. The molecule has 0 aliphatic carbocycles. The van der Waals surface area contributed by atoms with Gasteiger partial charge in [0.1, 0.15) is 11.5 Å². The molecule has 2 N–H and O–H groups in total. The number of hydrogen-bond acceptors (Lipinski definition) is 7. The van der Waals surface area contributed by atoms with Crippen molar-refractivity contribution in [3.05, 3.63) is 18.2 Å². The summed E-state index contributed by atoms with van der Waals surface area (Å²) in [5.74, 6) is -1.41. The van der Waals surface area contributed by atoms with Crippen molar-refractivity contribution in [3.8, 4) is 11.5 Å². The van der Waals surface area contributed by atoms with Gasteiger partial charge in [-0.3, -0.25) is 19.7 Å². The summed E-state index contributed by atoms with van der Waals surface area (Å²) >= 11 is 0. The van der Waals surface area contributed by atoms with E-state index in [4.69, 9.17) is 14.2 Å². The Morgan fingerprint density at radius 2 is 1.97 bits per heavy atom. The fraction of sp³-hybridized carbons (Fsp3) is 0.474. The van der Waals surface area contributed by atoms with E-state index in [9.17, 15) is 19.2 Å². The number of ether oxygens (including phenoxy) is 3. The van der Waals surface area contributed by atoms with Gasteiger partial charge in [0.25, 0.3) is 5.91 Å². The minimum absolute atomic E-state index is 0.0490. The van der Waals surface area contributed by atoms with Gasteiger partial charge >= 0.3 is 12.0 Å². The van der Waals surface area contributed by atoms with Gasteiger partial charge in [-0.1, -0.05) is 6.92 Å². The molecular weight excluding hydrogens is 382 g/mol. The molecule has 2 rings (SSSR count). The topological polar surface area (TPSA) is 123 Å². The first-order chi connectivity index (χ1) is 13.9. The van der Waals surface area contributed by atoms with Crippen LogP contribution < -0.4 is 25.0 Å². The Morgan fingerprint density at radius 1 is 1.21 bits per heavy atom. The second kappa shape index (κ2) is 10.3. The molecule has 1 atom stereocenters. The van der Waals surface area contributed by atoms with Crippen molar-refractivity contribution in [2.24, 2.45) is 5.92 Å². The summed E-state index contributed by atoms with van der Waals surface area (Å²) in [6, 6.07) is 4.35. The van der Waals surface area contributed by atoms with Gasteiger partial charge in [-0.15, -0.1) is 0 Å². The SMILES string of the molecule is CCCNC(=O)NC(=O)COC(=O)[C@@H]1CC(=O)N(c2ccc(OC)cc2OC)C1. The Bertz CT molecular complexity index is 781. The maximum atomic E-state index is 12.4. The van der Waals surface area contributed by atoms with Crippen LogP contribution in [0.4, 0.5) is 10.5 Å². The number of nitrogens with one attached hydrogen (secondary N) is 2. The molecule has 10 nitrogen and oxygen atoms in total.